The maximum Gasteiger partial charge on any atom is 0.573 e. The highest BCUT2D eigenvalue weighted by atomic mass is 19.4. The lowest BCUT2D eigenvalue weighted by atomic mass is 9.82. The maximum absolute atomic E-state index is 15.9. The fourth-order valence-corrected chi connectivity index (χ4v) is 3.54. The number of pyridine rings is 1. The molecular formula is C22H15F7N6O. The summed E-state index contributed by atoms with van der Waals surface area (Å²) in [6, 6.07) is 8.89. The molecule has 7 nitrogen and oxygen atoms in total. The Hall–Kier alpha value is -4.07. The van der Waals surface area contributed by atoms with Crippen molar-refractivity contribution in [3.8, 4) is 16.9 Å². The van der Waals surface area contributed by atoms with Crippen LogP contribution >= 0.6 is 0 Å². The first-order valence-electron chi connectivity index (χ1n) is 10.0. The Balaban J connectivity index is 1.69. The van der Waals surface area contributed by atoms with Crippen molar-refractivity contribution in [1.82, 2.24) is 25.2 Å². The van der Waals surface area contributed by atoms with Gasteiger partial charge in [0.05, 0.1) is 6.54 Å². The molecule has 0 amide bonds. The molecule has 4 aromatic rings. The summed E-state index contributed by atoms with van der Waals surface area (Å²) in [6.45, 7) is -0.792. The predicted octanol–water partition coefficient (Wildman–Crippen LogP) is 4.56. The molecule has 0 aliphatic carbocycles. The number of nitrogens with zero attached hydrogens (tertiary/aromatic N) is 5. The van der Waals surface area contributed by atoms with E-state index < -0.39 is 53.0 Å². The van der Waals surface area contributed by atoms with Crippen LogP contribution in [0.3, 0.4) is 0 Å². The number of hydrogen-bond donors (Lipinski definition) is 1. The van der Waals surface area contributed by atoms with Crippen LogP contribution in [0.4, 0.5) is 30.7 Å². The first kappa shape index (κ1) is 25.0. The summed E-state index contributed by atoms with van der Waals surface area (Å²) in [5, 5.41) is 10.2. The number of ether oxygens (including phenoxy) is 1. The summed E-state index contributed by atoms with van der Waals surface area (Å²) in [7, 11) is 0. The average molecular weight is 512 g/mol. The van der Waals surface area contributed by atoms with Crippen LogP contribution in [0, 0.1) is 11.6 Å². The molecule has 188 valence electrons. The fourth-order valence-electron chi connectivity index (χ4n) is 3.54. The number of tetrazole rings is 1. The number of rotatable bonds is 7. The number of nitrogens with two attached hydrogens (primary N) is 1. The zero-order chi connectivity index (χ0) is 26.1. The molecule has 0 fully saturated rings. The molecule has 4 rings (SSSR count). The smallest absolute Gasteiger partial charge is 0.406 e. The van der Waals surface area contributed by atoms with Crippen molar-refractivity contribution in [2.24, 2.45) is 5.73 Å². The minimum atomic E-state index is -4.86. The summed E-state index contributed by atoms with van der Waals surface area (Å²) in [5.41, 5.74) is 2.43. The lowest BCUT2D eigenvalue weighted by molar-refractivity contribution is -0.274. The molecule has 0 saturated heterocycles. The monoisotopic (exact) mass is 512 g/mol. The third kappa shape index (κ3) is 4.98. The van der Waals surface area contributed by atoms with Crippen molar-refractivity contribution >= 4 is 0 Å². The van der Waals surface area contributed by atoms with Crippen LogP contribution in [0.25, 0.3) is 11.1 Å². The first-order valence-corrected chi connectivity index (χ1v) is 10.0. The van der Waals surface area contributed by atoms with Gasteiger partial charge in [0.2, 0.25) is 0 Å². The third-order valence-corrected chi connectivity index (χ3v) is 5.28. The maximum atomic E-state index is 15.9. The Bertz CT molecular complexity index is 1330. The fraction of sp³-hybridized carbons (Fsp3) is 0.182. The quantitative estimate of drug-likeness (QED) is 0.365. The molecule has 0 spiro atoms. The van der Waals surface area contributed by atoms with E-state index in [1.54, 1.807) is 0 Å². The highest BCUT2D eigenvalue weighted by Gasteiger charge is 2.56. The van der Waals surface area contributed by atoms with Gasteiger partial charge in [-0.15, -0.1) is 18.3 Å². The van der Waals surface area contributed by atoms with Gasteiger partial charge < -0.3 is 10.5 Å². The topological polar surface area (TPSA) is 91.7 Å². The standard InChI is InChI=1S/C22H15F7N6O/c23-15-4-7-17(18(24)9-15)20(30,11-35-12-32-33-34-35)21(25,26)19-8-3-14(10-31-19)13-1-5-16(6-2-13)36-22(27,28)29/h1-10,12H,11,30H2. The largest absolute Gasteiger partial charge is 0.573 e. The zero-order valence-corrected chi connectivity index (χ0v) is 17.9. The highest BCUT2D eigenvalue weighted by molar-refractivity contribution is 5.63. The van der Waals surface area contributed by atoms with Crippen molar-refractivity contribution < 1.29 is 35.5 Å². The zero-order valence-electron chi connectivity index (χ0n) is 17.9. The molecule has 36 heavy (non-hydrogen) atoms. The minimum Gasteiger partial charge on any atom is -0.406 e. The van der Waals surface area contributed by atoms with Gasteiger partial charge >= 0.3 is 12.3 Å². The molecule has 1 unspecified atom stereocenters. The van der Waals surface area contributed by atoms with Crippen molar-refractivity contribution in [2.45, 2.75) is 24.4 Å². The van der Waals surface area contributed by atoms with Gasteiger partial charge in [-0.05, 0) is 40.3 Å². The van der Waals surface area contributed by atoms with Gasteiger partial charge in [0.15, 0.2) is 0 Å². The van der Waals surface area contributed by atoms with Crippen molar-refractivity contribution in [2.75, 3.05) is 0 Å². The third-order valence-electron chi connectivity index (χ3n) is 5.28. The average Bonchev–Trinajstić information content (AvgIpc) is 3.31. The molecule has 14 heteroatoms. The Morgan fingerprint density at radius 3 is 2.14 bits per heavy atom. The van der Waals surface area contributed by atoms with Crippen molar-refractivity contribution in [3.05, 3.63) is 90.0 Å². The number of halogens is 7. The van der Waals surface area contributed by atoms with Gasteiger partial charge in [-0.3, -0.25) is 4.98 Å². The van der Waals surface area contributed by atoms with Crippen LogP contribution in [-0.2, 0) is 18.0 Å². The molecule has 1 atom stereocenters. The number of hydrogen-bond acceptors (Lipinski definition) is 6. The Morgan fingerprint density at radius 2 is 1.58 bits per heavy atom. The molecule has 0 aliphatic rings. The second-order valence-corrected chi connectivity index (χ2v) is 7.68. The second-order valence-electron chi connectivity index (χ2n) is 7.68. The van der Waals surface area contributed by atoms with E-state index in [9.17, 15) is 22.0 Å². The van der Waals surface area contributed by atoms with E-state index in [1.165, 1.54) is 18.2 Å². The number of benzene rings is 2. The van der Waals surface area contributed by atoms with E-state index in [0.29, 0.717) is 17.2 Å². The number of aromatic nitrogens is 5. The minimum absolute atomic E-state index is 0.296. The molecule has 0 saturated carbocycles. The van der Waals surface area contributed by atoms with Gasteiger partial charge in [-0.2, -0.15) is 8.78 Å². The van der Waals surface area contributed by atoms with Gasteiger partial charge in [0.1, 0.15) is 34.9 Å². The molecule has 2 aromatic heterocycles. The van der Waals surface area contributed by atoms with Crippen LogP contribution in [0.1, 0.15) is 11.3 Å². The lowest BCUT2D eigenvalue weighted by Crippen LogP contribution is -2.55. The van der Waals surface area contributed by atoms with Crippen LogP contribution < -0.4 is 10.5 Å². The molecule has 2 aromatic carbocycles. The highest BCUT2D eigenvalue weighted by Crippen LogP contribution is 2.45. The van der Waals surface area contributed by atoms with E-state index in [2.05, 4.69) is 25.2 Å². The predicted molar refractivity (Wildman–Crippen MR) is 110 cm³/mol. The van der Waals surface area contributed by atoms with Crippen molar-refractivity contribution in [1.29, 1.82) is 0 Å². The van der Waals surface area contributed by atoms with Crippen LogP contribution in [-0.4, -0.2) is 31.6 Å². The van der Waals surface area contributed by atoms with Gasteiger partial charge in [-0.25, -0.2) is 13.5 Å². The Morgan fingerprint density at radius 1 is 0.889 bits per heavy atom. The van der Waals surface area contributed by atoms with E-state index in [1.807, 2.05) is 0 Å². The molecule has 2 heterocycles. The second kappa shape index (κ2) is 9.18. The van der Waals surface area contributed by atoms with E-state index in [4.69, 9.17) is 5.73 Å². The van der Waals surface area contributed by atoms with E-state index in [-0.39, 0.29) is 0 Å². The van der Waals surface area contributed by atoms with Gasteiger partial charge in [0, 0.05) is 23.4 Å². The van der Waals surface area contributed by atoms with E-state index >= 15 is 8.78 Å². The summed E-state index contributed by atoms with van der Waals surface area (Å²) in [5.74, 6) is -6.78. The van der Waals surface area contributed by atoms with Crippen molar-refractivity contribution in [3.63, 3.8) is 0 Å². The summed E-state index contributed by atoms with van der Waals surface area (Å²) < 4.78 is 101. The number of alkyl halides is 5. The molecular weight excluding hydrogens is 497 g/mol. The van der Waals surface area contributed by atoms with Crippen LogP contribution in [0.2, 0.25) is 0 Å². The normalized spacial score (nSPS) is 13.9. The first-order chi connectivity index (χ1) is 16.9. The van der Waals surface area contributed by atoms with Crippen LogP contribution in [0.15, 0.2) is 67.1 Å². The lowest BCUT2D eigenvalue weighted by Gasteiger charge is -2.37. The van der Waals surface area contributed by atoms with E-state index in [0.717, 1.165) is 47.5 Å². The Kier molecular flexibility index (Phi) is 6.39. The molecule has 0 bridgehead atoms. The molecule has 0 radical (unpaired) electrons. The summed E-state index contributed by atoms with van der Waals surface area (Å²) >= 11 is 0. The van der Waals surface area contributed by atoms with Crippen LogP contribution in [0.5, 0.6) is 5.75 Å². The summed E-state index contributed by atoms with van der Waals surface area (Å²) in [4.78, 5) is 3.78. The summed E-state index contributed by atoms with van der Waals surface area (Å²) in [6.07, 6.45) is -2.81. The Labute approximate surface area is 198 Å². The van der Waals surface area contributed by atoms with Gasteiger partial charge in [0.25, 0.3) is 0 Å². The molecule has 2 N–H and O–H groups in total. The van der Waals surface area contributed by atoms with Gasteiger partial charge in [-0.1, -0.05) is 24.3 Å². The molecule has 0 aliphatic heterocycles. The SMILES string of the molecule is NC(Cn1cnnn1)(c1ccc(F)cc1F)C(F)(F)c1ccc(-c2ccc(OC(F)(F)F)cc2)cn1.